The van der Waals surface area contributed by atoms with E-state index < -0.39 is 5.97 Å². The molecule has 1 atom stereocenters. The van der Waals surface area contributed by atoms with E-state index in [2.05, 4.69) is 35.0 Å². The summed E-state index contributed by atoms with van der Waals surface area (Å²) in [5, 5.41) is 12.6. The third-order valence-corrected chi connectivity index (χ3v) is 6.10. The number of nitrogens with zero attached hydrogens (tertiary/aromatic N) is 1. The van der Waals surface area contributed by atoms with Crippen LogP contribution in [0.4, 0.5) is 0 Å². The Morgan fingerprint density at radius 2 is 2.08 bits per heavy atom. The van der Waals surface area contributed by atoms with Crippen LogP contribution in [0.15, 0.2) is 40.2 Å². The zero-order chi connectivity index (χ0) is 17.6. The molecule has 0 bridgehead atoms. The van der Waals surface area contributed by atoms with Crippen molar-refractivity contribution in [1.82, 2.24) is 4.98 Å². The number of rotatable bonds is 2. The monoisotopic (exact) mass is 412 g/mol. The molecule has 0 radical (unpaired) electrons. The number of para-hydroxylation sites is 1. The minimum atomic E-state index is -1.12. The molecule has 3 nitrogen and oxygen atoms in total. The second kappa shape index (κ2) is 6.39. The zero-order valence-corrected chi connectivity index (χ0v) is 16.0. The van der Waals surface area contributed by atoms with Crippen molar-refractivity contribution < 1.29 is 9.90 Å². The highest BCUT2D eigenvalue weighted by Crippen LogP contribution is 2.39. The van der Waals surface area contributed by atoms with Crippen LogP contribution in [0.1, 0.15) is 39.8 Å². The van der Waals surface area contributed by atoms with Crippen molar-refractivity contribution in [2.75, 3.05) is 0 Å². The van der Waals surface area contributed by atoms with Crippen molar-refractivity contribution in [1.29, 1.82) is 0 Å². The van der Waals surface area contributed by atoms with Crippen molar-refractivity contribution in [3.05, 3.63) is 61.9 Å². The Morgan fingerprint density at radius 3 is 2.80 bits per heavy atom. The molecule has 1 aliphatic rings. The minimum absolute atomic E-state index is 0.297. The first-order valence-electron chi connectivity index (χ1n) is 8.12. The lowest BCUT2D eigenvalue weighted by Crippen LogP contribution is -2.27. The Kier molecular flexibility index (Phi) is 4.21. The molecular weight excluding hydrogens is 398 g/mol. The topological polar surface area (TPSA) is 53.0 Å². The van der Waals surface area contributed by atoms with Crippen LogP contribution < -0.4 is 5.11 Å². The number of hydrogen-bond acceptors (Lipinski definition) is 4. The van der Waals surface area contributed by atoms with E-state index in [9.17, 15) is 9.90 Å². The molecule has 1 aliphatic carbocycles. The largest absolute Gasteiger partial charge is 0.545 e. The molecular formula is C20H15BrNO2S-. The van der Waals surface area contributed by atoms with Gasteiger partial charge in [0.25, 0.3) is 0 Å². The summed E-state index contributed by atoms with van der Waals surface area (Å²) in [6.45, 7) is 2.15. The smallest absolute Gasteiger partial charge is 0.0725 e. The normalized spacial score (nSPS) is 18.5. The Labute approximate surface area is 158 Å². The fraction of sp³-hybridized carbons (Fsp3) is 0.200. The molecule has 25 heavy (non-hydrogen) atoms. The molecule has 0 aliphatic heterocycles. The van der Waals surface area contributed by atoms with Gasteiger partial charge in [0.2, 0.25) is 0 Å². The Balaban J connectivity index is 2.00. The molecule has 0 saturated carbocycles. The fourth-order valence-electron chi connectivity index (χ4n) is 3.55. The number of carboxylic acids is 1. The Morgan fingerprint density at radius 1 is 1.28 bits per heavy atom. The third kappa shape index (κ3) is 3.02. The van der Waals surface area contributed by atoms with Gasteiger partial charge in [0.05, 0.1) is 21.0 Å². The summed E-state index contributed by atoms with van der Waals surface area (Å²) in [5.74, 6) is -0.759. The number of pyridine rings is 1. The maximum Gasteiger partial charge on any atom is 0.0725 e. The van der Waals surface area contributed by atoms with Gasteiger partial charge >= 0.3 is 0 Å². The number of carbonyl (C=O) groups is 1. The van der Waals surface area contributed by atoms with Gasteiger partial charge in [0, 0.05) is 15.8 Å². The van der Waals surface area contributed by atoms with E-state index in [1.807, 2.05) is 30.3 Å². The lowest BCUT2D eigenvalue weighted by Gasteiger charge is -2.27. The van der Waals surface area contributed by atoms with Gasteiger partial charge < -0.3 is 9.90 Å². The van der Waals surface area contributed by atoms with Gasteiger partial charge in [0.15, 0.2) is 0 Å². The molecule has 1 aromatic carbocycles. The Hall–Kier alpha value is -1.98. The number of fused-ring (bicyclic) bond motifs is 2. The van der Waals surface area contributed by atoms with E-state index in [-0.39, 0.29) is 0 Å². The highest BCUT2D eigenvalue weighted by molar-refractivity contribution is 9.11. The van der Waals surface area contributed by atoms with E-state index in [1.54, 1.807) is 11.3 Å². The van der Waals surface area contributed by atoms with Crippen molar-refractivity contribution in [2.45, 2.75) is 19.8 Å². The quantitative estimate of drug-likeness (QED) is 0.620. The maximum absolute atomic E-state index is 11.9. The van der Waals surface area contributed by atoms with Gasteiger partial charge in [-0.05, 0) is 70.1 Å². The molecule has 0 amide bonds. The number of carboxylic acid groups (broad SMARTS) is 1. The van der Waals surface area contributed by atoms with Gasteiger partial charge in [-0.1, -0.05) is 25.1 Å². The zero-order valence-electron chi connectivity index (χ0n) is 13.6. The lowest BCUT2D eigenvalue weighted by atomic mass is 9.81. The number of carbonyl (C=O) groups excluding carboxylic acids is 1. The van der Waals surface area contributed by atoms with Crippen molar-refractivity contribution in [3.8, 4) is 0 Å². The molecule has 3 aromatic rings. The average molecular weight is 413 g/mol. The second-order valence-electron chi connectivity index (χ2n) is 6.44. The molecule has 0 spiro atoms. The van der Waals surface area contributed by atoms with Crippen LogP contribution in [0.2, 0.25) is 0 Å². The number of halogens is 1. The summed E-state index contributed by atoms with van der Waals surface area (Å²) in [5.41, 5.74) is 3.70. The van der Waals surface area contributed by atoms with Gasteiger partial charge in [-0.15, -0.1) is 11.3 Å². The van der Waals surface area contributed by atoms with E-state index in [1.165, 1.54) is 0 Å². The lowest BCUT2D eigenvalue weighted by molar-refractivity contribution is -0.254. The standard InChI is InChI=1S/C20H16BrNO2S/c1-11-8-12(10-13-6-7-17(21)25-13)19-15(9-11)18(20(23)24)14-4-2-3-5-16(14)22-19/h2-7,10-11H,8-9H2,1H3,(H,23,24)/p-1/b12-10-/t11-/m1/s1. The van der Waals surface area contributed by atoms with Crippen LogP contribution in [0.25, 0.3) is 22.6 Å². The Bertz CT molecular complexity index is 1020. The summed E-state index contributed by atoms with van der Waals surface area (Å²) in [6, 6.07) is 11.5. The summed E-state index contributed by atoms with van der Waals surface area (Å²) in [7, 11) is 0. The van der Waals surface area contributed by atoms with Crippen molar-refractivity contribution in [3.63, 3.8) is 0 Å². The van der Waals surface area contributed by atoms with Crippen LogP contribution in [-0.2, 0) is 6.42 Å². The number of aromatic carboxylic acids is 1. The highest BCUT2D eigenvalue weighted by Gasteiger charge is 2.25. The first-order valence-corrected chi connectivity index (χ1v) is 9.73. The molecule has 0 fully saturated rings. The van der Waals surface area contributed by atoms with Gasteiger partial charge in [-0.25, -0.2) is 4.98 Å². The van der Waals surface area contributed by atoms with Gasteiger partial charge in [-0.2, -0.15) is 0 Å². The van der Waals surface area contributed by atoms with Crippen LogP contribution in [-0.4, -0.2) is 11.0 Å². The number of allylic oxidation sites excluding steroid dienone is 1. The van der Waals surface area contributed by atoms with Gasteiger partial charge in [-0.3, -0.25) is 0 Å². The maximum atomic E-state index is 11.9. The van der Waals surface area contributed by atoms with Crippen molar-refractivity contribution >= 4 is 55.8 Å². The molecule has 2 aromatic heterocycles. The highest BCUT2D eigenvalue weighted by atomic mass is 79.9. The molecule has 126 valence electrons. The second-order valence-corrected chi connectivity index (χ2v) is 8.94. The van der Waals surface area contributed by atoms with E-state index >= 15 is 0 Å². The van der Waals surface area contributed by atoms with Crippen LogP contribution in [0, 0.1) is 5.92 Å². The average Bonchev–Trinajstić information content (AvgIpc) is 2.97. The number of aromatic nitrogens is 1. The molecule has 5 heteroatoms. The molecule has 0 N–H and O–H groups in total. The first kappa shape index (κ1) is 16.5. The van der Waals surface area contributed by atoms with Crippen LogP contribution in [0.3, 0.4) is 0 Å². The first-order chi connectivity index (χ1) is 12.0. The SMILES string of the molecule is C[C@@H]1C/C(=C/c2ccc(Br)s2)c2nc3ccccc3c(C(=O)[O-])c2C1. The van der Waals surface area contributed by atoms with E-state index in [0.717, 1.165) is 31.9 Å². The van der Waals surface area contributed by atoms with Crippen LogP contribution >= 0.6 is 27.3 Å². The number of hydrogen-bond donors (Lipinski definition) is 0. The molecule has 0 saturated heterocycles. The molecule has 2 heterocycles. The van der Waals surface area contributed by atoms with Crippen molar-refractivity contribution in [2.24, 2.45) is 5.92 Å². The third-order valence-electron chi connectivity index (χ3n) is 4.53. The summed E-state index contributed by atoms with van der Waals surface area (Å²) < 4.78 is 1.07. The number of benzene rings is 1. The summed E-state index contributed by atoms with van der Waals surface area (Å²) >= 11 is 5.15. The fourth-order valence-corrected chi connectivity index (χ4v) is 4.94. The van der Waals surface area contributed by atoms with E-state index in [0.29, 0.717) is 28.8 Å². The summed E-state index contributed by atoms with van der Waals surface area (Å²) in [6.07, 6.45) is 3.73. The molecule has 0 unspecified atom stereocenters. The minimum Gasteiger partial charge on any atom is -0.545 e. The number of thiophene rings is 1. The summed E-state index contributed by atoms with van der Waals surface area (Å²) in [4.78, 5) is 17.8. The molecule has 4 rings (SSSR count). The predicted octanol–water partition coefficient (Wildman–Crippen LogP) is 4.55. The van der Waals surface area contributed by atoms with E-state index in [4.69, 9.17) is 4.98 Å². The predicted molar refractivity (Wildman–Crippen MR) is 103 cm³/mol. The van der Waals surface area contributed by atoms with Gasteiger partial charge in [0.1, 0.15) is 0 Å². The van der Waals surface area contributed by atoms with Crippen LogP contribution in [0.5, 0.6) is 0 Å².